The smallest absolute Gasteiger partial charge is 0.246 e. The van der Waals surface area contributed by atoms with E-state index >= 15 is 0 Å². The zero-order chi connectivity index (χ0) is 16.5. The van der Waals surface area contributed by atoms with E-state index in [2.05, 4.69) is 0 Å². The number of ether oxygens (including phenoxy) is 1. The first-order valence-corrected chi connectivity index (χ1v) is 9.12. The molecule has 1 aliphatic rings. The number of halogens is 1. The molecule has 1 aromatic rings. The molecule has 2 rings (SSSR count). The van der Waals surface area contributed by atoms with Crippen molar-refractivity contribution in [3.63, 3.8) is 0 Å². The lowest BCUT2D eigenvalue weighted by Crippen LogP contribution is -2.42. The highest BCUT2D eigenvalue weighted by atomic mass is 35.5. The SMILES string of the molecule is COc1c(C)cc(C)cc1S(=O)(=O)N1CCC(C(C)N)CC1.Cl. The summed E-state index contributed by atoms with van der Waals surface area (Å²) in [6.45, 7) is 6.79. The maximum Gasteiger partial charge on any atom is 0.246 e. The molecule has 132 valence electrons. The van der Waals surface area contributed by atoms with Crippen molar-refractivity contribution in [2.75, 3.05) is 20.2 Å². The fourth-order valence-corrected chi connectivity index (χ4v) is 4.93. The van der Waals surface area contributed by atoms with Crippen molar-refractivity contribution in [1.29, 1.82) is 0 Å². The summed E-state index contributed by atoms with van der Waals surface area (Å²) in [6.07, 6.45) is 1.62. The minimum atomic E-state index is -3.53. The van der Waals surface area contributed by atoms with Gasteiger partial charge in [0.2, 0.25) is 10.0 Å². The summed E-state index contributed by atoms with van der Waals surface area (Å²) >= 11 is 0. The van der Waals surface area contributed by atoms with Gasteiger partial charge in [0.05, 0.1) is 7.11 Å². The Morgan fingerprint density at radius 1 is 1.26 bits per heavy atom. The van der Waals surface area contributed by atoms with Gasteiger partial charge in [-0.05, 0) is 56.7 Å². The van der Waals surface area contributed by atoms with Gasteiger partial charge in [0.1, 0.15) is 10.6 Å². The molecule has 1 unspecified atom stereocenters. The molecule has 23 heavy (non-hydrogen) atoms. The van der Waals surface area contributed by atoms with E-state index in [4.69, 9.17) is 10.5 Å². The number of hydrogen-bond donors (Lipinski definition) is 1. The van der Waals surface area contributed by atoms with E-state index in [1.54, 1.807) is 10.4 Å². The zero-order valence-electron chi connectivity index (χ0n) is 14.2. The monoisotopic (exact) mass is 362 g/mol. The molecule has 1 fully saturated rings. The topological polar surface area (TPSA) is 72.6 Å². The van der Waals surface area contributed by atoms with Crippen molar-refractivity contribution < 1.29 is 13.2 Å². The fourth-order valence-electron chi connectivity index (χ4n) is 3.15. The molecule has 0 amide bonds. The summed E-state index contributed by atoms with van der Waals surface area (Å²) < 4.78 is 32.8. The van der Waals surface area contributed by atoms with E-state index in [0.717, 1.165) is 24.0 Å². The number of hydrogen-bond acceptors (Lipinski definition) is 4. The first kappa shape index (κ1) is 20.2. The van der Waals surface area contributed by atoms with E-state index in [1.807, 2.05) is 26.8 Å². The summed E-state index contributed by atoms with van der Waals surface area (Å²) in [6, 6.07) is 3.74. The van der Waals surface area contributed by atoms with Crippen LogP contribution in [0.5, 0.6) is 5.75 Å². The summed E-state index contributed by atoms with van der Waals surface area (Å²) in [4.78, 5) is 0.270. The van der Waals surface area contributed by atoms with Crippen LogP contribution in [0.2, 0.25) is 0 Å². The summed E-state index contributed by atoms with van der Waals surface area (Å²) in [5.74, 6) is 0.840. The third-order valence-electron chi connectivity index (χ3n) is 4.45. The second-order valence-electron chi connectivity index (χ2n) is 6.21. The molecule has 0 spiro atoms. The lowest BCUT2D eigenvalue weighted by molar-refractivity contribution is 0.250. The third-order valence-corrected chi connectivity index (χ3v) is 6.35. The van der Waals surface area contributed by atoms with Crippen LogP contribution in [-0.4, -0.2) is 39.0 Å². The first-order chi connectivity index (χ1) is 10.3. The highest BCUT2D eigenvalue weighted by Crippen LogP contribution is 2.33. The molecule has 0 aromatic heterocycles. The Morgan fingerprint density at radius 3 is 2.30 bits per heavy atom. The molecule has 1 heterocycles. The van der Waals surface area contributed by atoms with Gasteiger partial charge in [-0.25, -0.2) is 8.42 Å². The number of piperidine rings is 1. The van der Waals surface area contributed by atoms with Crippen LogP contribution in [0.25, 0.3) is 0 Å². The van der Waals surface area contributed by atoms with Gasteiger partial charge in [-0.2, -0.15) is 4.31 Å². The largest absolute Gasteiger partial charge is 0.495 e. The van der Waals surface area contributed by atoms with Crippen molar-refractivity contribution in [2.24, 2.45) is 11.7 Å². The maximum atomic E-state index is 13.0. The Kier molecular flexibility index (Phi) is 6.89. The molecule has 5 nitrogen and oxygen atoms in total. The maximum absolute atomic E-state index is 13.0. The number of nitrogens with two attached hydrogens (primary N) is 1. The van der Waals surface area contributed by atoms with Gasteiger partial charge in [-0.3, -0.25) is 0 Å². The van der Waals surface area contributed by atoms with Gasteiger partial charge in [0, 0.05) is 19.1 Å². The predicted octanol–water partition coefficient (Wildman–Crippen LogP) is 2.48. The molecule has 0 saturated carbocycles. The lowest BCUT2D eigenvalue weighted by atomic mass is 9.92. The van der Waals surface area contributed by atoms with Gasteiger partial charge >= 0.3 is 0 Å². The third kappa shape index (κ3) is 4.18. The molecule has 2 N–H and O–H groups in total. The fraction of sp³-hybridized carbons (Fsp3) is 0.625. The van der Waals surface area contributed by atoms with Crippen molar-refractivity contribution in [2.45, 2.75) is 44.6 Å². The van der Waals surface area contributed by atoms with Crippen molar-refractivity contribution in [1.82, 2.24) is 4.31 Å². The van der Waals surface area contributed by atoms with Gasteiger partial charge in [-0.15, -0.1) is 12.4 Å². The number of sulfonamides is 1. The summed E-state index contributed by atoms with van der Waals surface area (Å²) in [7, 11) is -2.02. The Morgan fingerprint density at radius 2 is 1.83 bits per heavy atom. The van der Waals surface area contributed by atoms with E-state index in [9.17, 15) is 8.42 Å². The average Bonchev–Trinajstić information content (AvgIpc) is 2.46. The van der Waals surface area contributed by atoms with Gasteiger partial charge in [-0.1, -0.05) is 6.07 Å². The number of rotatable bonds is 4. The average molecular weight is 363 g/mol. The number of aryl methyl sites for hydroxylation is 2. The van der Waals surface area contributed by atoms with Crippen molar-refractivity contribution in [3.05, 3.63) is 23.3 Å². The molecule has 0 radical (unpaired) electrons. The number of nitrogens with zero attached hydrogens (tertiary/aromatic N) is 1. The van der Waals surface area contributed by atoms with Gasteiger partial charge < -0.3 is 10.5 Å². The Bertz CT molecular complexity index is 639. The van der Waals surface area contributed by atoms with E-state index in [0.29, 0.717) is 24.8 Å². The molecule has 1 aromatic carbocycles. The molecule has 1 aliphatic heterocycles. The summed E-state index contributed by atoms with van der Waals surface area (Å²) in [5.41, 5.74) is 7.69. The van der Waals surface area contributed by atoms with Crippen LogP contribution in [0.15, 0.2) is 17.0 Å². The first-order valence-electron chi connectivity index (χ1n) is 7.68. The van der Waals surface area contributed by atoms with Gasteiger partial charge in [0.15, 0.2) is 0 Å². The number of benzene rings is 1. The number of methoxy groups -OCH3 is 1. The highest BCUT2D eigenvalue weighted by Gasteiger charge is 2.32. The Labute approximate surface area is 145 Å². The minimum absolute atomic E-state index is 0. The standard InChI is InChI=1S/C16H26N2O3S.ClH/c1-11-9-12(2)16(21-4)15(10-11)22(19,20)18-7-5-14(6-8-18)13(3)17;/h9-10,13-14H,5-8,17H2,1-4H3;1H. The molecule has 1 atom stereocenters. The quantitative estimate of drug-likeness (QED) is 0.893. The molecule has 0 bridgehead atoms. The highest BCUT2D eigenvalue weighted by molar-refractivity contribution is 7.89. The normalized spacial score (nSPS) is 18.3. The zero-order valence-corrected chi connectivity index (χ0v) is 15.8. The second-order valence-corrected chi connectivity index (χ2v) is 8.12. The predicted molar refractivity (Wildman–Crippen MR) is 94.8 cm³/mol. The van der Waals surface area contributed by atoms with E-state index < -0.39 is 10.0 Å². The van der Waals surface area contributed by atoms with Crippen LogP contribution >= 0.6 is 12.4 Å². The molecule has 7 heteroatoms. The van der Waals surface area contributed by atoms with Crippen molar-refractivity contribution in [3.8, 4) is 5.75 Å². The van der Waals surface area contributed by atoms with Crippen LogP contribution in [0.3, 0.4) is 0 Å². The molecular formula is C16H27ClN2O3S. The minimum Gasteiger partial charge on any atom is -0.495 e. The van der Waals surface area contributed by atoms with E-state index in [-0.39, 0.29) is 23.3 Å². The molecule has 0 aliphatic carbocycles. The van der Waals surface area contributed by atoms with Crippen LogP contribution in [0.1, 0.15) is 30.9 Å². The van der Waals surface area contributed by atoms with Crippen LogP contribution < -0.4 is 10.5 Å². The van der Waals surface area contributed by atoms with Crippen LogP contribution in [0, 0.1) is 19.8 Å². The van der Waals surface area contributed by atoms with Crippen molar-refractivity contribution >= 4 is 22.4 Å². The van der Waals surface area contributed by atoms with Crippen LogP contribution in [0.4, 0.5) is 0 Å². The van der Waals surface area contributed by atoms with Gasteiger partial charge in [0.25, 0.3) is 0 Å². The Hall–Kier alpha value is -0.820. The summed E-state index contributed by atoms with van der Waals surface area (Å²) in [5, 5.41) is 0. The molecule has 1 saturated heterocycles. The van der Waals surface area contributed by atoms with Crippen LogP contribution in [-0.2, 0) is 10.0 Å². The second kappa shape index (κ2) is 7.83. The molecular weight excluding hydrogens is 336 g/mol. The lowest BCUT2D eigenvalue weighted by Gasteiger charge is -2.33. The Balaban J connectivity index is 0.00000264. The van der Waals surface area contributed by atoms with E-state index in [1.165, 1.54) is 7.11 Å².